The lowest BCUT2D eigenvalue weighted by molar-refractivity contribution is -0.136. The number of aromatic hydroxyl groups is 1. The summed E-state index contributed by atoms with van der Waals surface area (Å²) in [5, 5.41) is 9.26. The van der Waals surface area contributed by atoms with Gasteiger partial charge >= 0.3 is 0 Å². The van der Waals surface area contributed by atoms with Gasteiger partial charge in [0.1, 0.15) is 5.75 Å². The Morgan fingerprint density at radius 2 is 2.19 bits per heavy atom. The van der Waals surface area contributed by atoms with Gasteiger partial charge in [0, 0.05) is 19.7 Å². The summed E-state index contributed by atoms with van der Waals surface area (Å²) >= 11 is 0. The molecule has 1 aromatic rings. The van der Waals surface area contributed by atoms with E-state index in [9.17, 15) is 9.90 Å². The third-order valence-electron chi connectivity index (χ3n) is 3.80. The maximum atomic E-state index is 12.4. The van der Waals surface area contributed by atoms with Gasteiger partial charge in [0.2, 0.25) is 5.91 Å². The van der Waals surface area contributed by atoms with Gasteiger partial charge < -0.3 is 20.5 Å². The number of piperidine rings is 1. The van der Waals surface area contributed by atoms with Crippen LogP contribution in [0, 0.1) is 0 Å². The van der Waals surface area contributed by atoms with Crippen LogP contribution in [-0.4, -0.2) is 47.8 Å². The summed E-state index contributed by atoms with van der Waals surface area (Å²) in [6.45, 7) is 4.03. The molecule has 0 aromatic heterocycles. The molecule has 1 aliphatic rings. The number of hydrogen-bond acceptors (Lipinski definition) is 4. The zero-order valence-electron chi connectivity index (χ0n) is 12.5. The van der Waals surface area contributed by atoms with E-state index in [1.807, 2.05) is 11.8 Å². The number of hydrogen-bond donors (Lipinski definition) is 2. The molecule has 21 heavy (non-hydrogen) atoms. The molecule has 3 N–H and O–H groups in total. The highest BCUT2D eigenvalue weighted by Crippen LogP contribution is 2.16. The highest BCUT2D eigenvalue weighted by Gasteiger charge is 2.27. The first kappa shape index (κ1) is 15.8. The number of ether oxygens (including phenoxy) is 1. The van der Waals surface area contributed by atoms with Crippen molar-refractivity contribution in [2.24, 2.45) is 5.73 Å². The molecule has 1 unspecified atom stereocenters. The summed E-state index contributed by atoms with van der Waals surface area (Å²) in [5.41, 5.74) is 6.99. The highest BCUT2D eigenvalue weighted by atomic mass is 16.5. The quantitative estimate of drug-likeness (QED) is 0.857. The Bertz CT molecular complexity index is 459. The first-order valence-corrected chi connectivity index (χ1v) is 7.54. The molecular formula is C16H24N2O3. The Balaban J connectivity index is 1.90. The van der Waals surface area contributed by atoms with Crippen LogP contribution in [0.4, 0.5) is 0 Å². The average Bonchev–Trinajstić information content (AvgIpc) is 2.49. The third kappa shape index (κ3) is 4.44. The lowest BCUT2D eigenvalue weighted by Gasteiger charge is -2.34. The Kier molecular flexibility index (Phi) is 5.59. The van der Waals surface area contributed by atoms with Crippen molar-refractivity contribution in [3.63, 3.8) is 0 Å². The van der Waals surface area contributed by atoms with Gasteiger partial charge in [0.15, 0.2) is 0 Å². The fourth-order valence-electron chi connectivity index (χ4n) is 2.72. The van der Waals surface area contributed by atoms with Gasteiger partial charge in [0.25, 0.3) is 0 Å². The summed E-state index contributed by atoms with van der Waals surface area (Å²) in [6.07, 6.45) is 2.58. The zero-order valence-corrected chi connectivity index (χ0v) is 12.5. The minimum atomic E-state index is -0.546. The van der Waals surface area contributed by atoms with E-state index in [1.165, 1.54) is 0 Å². The van der Waals surface area contributed by atoms with Gasteiger partial charge in [-0.25, -0.2) is 0 Å². The highest BCUT2D eigenvalue weighted by molar-refractivity contribution is 5.82. The van der Waals surface area contributed by atoms with Crippen molar-refractivity contribution in [2.45, 2.75) is 38.3 Å². The van der Waals surface area contributed by atoms with Crippen LogP contribution in [0.3, 0.4) is 0 Å². The number of phenolic OH excluding ortho intramolecular Hbond substituents is 1. The van der Waals surface area contributed by atoms with Crippen molar-refractivity contribution < 1.29 is 14.6 Å². The Labute approximate surface area is 125 Å². The van der Waals surface area contributed by atoms with Crippen molar-refractivity contribution in [1.82, 2.24) is 4.90 Å². The second kappa shape index (κ2) is 7.43. The number of nitrogens with zero attached hydrogens (tertiary/aromatic N) is 1. The van der Waals surface area contributed by atoms with E-state index in [2.05, 4.69) is 0 Å². The molecule has 116 valence electrons. The molecule has 1 saturated heterocycles. The van der Waals surface area contributed by atoms with E-state index in [4.69, 9.17) is 10.5 Å². The number of likely N-dealkylation sites (tertiary alicyclic amines) is 1. The molecule has 5 heteroatoms. The molecule has 1 amide bonds. The number of rotatable bonds is 5. The largest absolute Gasteiger partial charge is 0.508 e. The van der Waals surface area contributed by atoms with Crippen molar-refractivity contribution in [3.8, 4) is 5.75 Å². The van der Waals surface area contributed by atoms with E-state index in [0.717, 1.165) is 24.9 Å². The molecule has 1 heterocycles. The molecule has 1 fully saturated rings. The third-order valence-corrected chi connectivity index (χ3v) is 3.80. The number of nitrogens with two attached hydrogens (primary N) is 1. The van der Waals surface area contributed by atoms with Crippen LogP contribution >= 0.6 is 0 Å². The summed E-state index contributed by atoms with van der Waals surface area (Å²) < 4.78 is 5.61. The van der Waals surface area contributed by atoms with Gasteiger partial charge in [-0.15, -0.1) is 0 Å². The van der Waals surface area contributed by atoms with E-state index < -0.39 is 6.04 Å². The van der Waals surface area contributed by atoms with Crippen LogP contribution in [0.25, 0.3) is 0 Å². The second-order valence-electron chi connectivity index (χ2n) is 5.48. The molecular weight excluding hydrogens is 268 g/mol. The minimum Gasteiger partial charge on any atom is -0.508 e. The molecule has 0 radical (unpaired) electrons. The number of carbonyl (C=O) groups excluding carboxylic acids is 1. The monoisotopic (exact) mass is 292 g/mol. The van der Waals surface area contributed by atoms with Gasteiger partial charge in [-0.2, -0.15) is 0 Å². The number of benzene rings is 1. The van der Waals surface area contributed by atoms with Crippen LogP contribution in [-0.2, 0) is 16.0 Å². The zero-order chi connectivity index (χ0) is 15.2. The van der Waals surface area contributed by atoms with E-state index >= 15 is 0 Å². The van der Waals surface area contributed by atoms with Crippen LogP contribution in [0.2, 0.25) is 0 Å². The number of phenols is 1. The fourth-order valence-corrected chi connectivity index (χ4v) is 2.72. The van der Waals surface area contributed by atoms with Gasteiger partial charge in [-0.3, -0.25) is 4.79 Å². The molecule has 0 aliphatic carbocycles. The van der Waals surface area contributed by atoms with Crippen molar-refractivity contribution in [3.05, 3.63) is 29.8 Å². The molecule has 0 spiro atoms. The predicted molar refractivity (Wildman–Crippen MR) is 81.0 cm³/mol. The number of carbonyl (C=O) groups is 1. The second-order valence-corrected chi connectivity index (χ2v) is 5.48. The molecule has 1 aromatic carbocycles. The summed E-state index contributed by atoms with van der Waals surface area (Å²) in [4.78, 5) is 14.2. The number of amides is 1. The fraction of sp³-hybridized carbons (Fsp3) is 0.562. The predicted octanol–water partition coefficient (Wildman–Crippen LogP) is 1.29. The van der Waals surface area contributed by atoms with E-state index in [1.54, 1.807) is 24.3 Å². The minimum absolute atomic E-state index is 0.0209. The van der Waals surface area contributed by atoms with Crippen LogP contribution < -0.4 is 5.73 Å². The van der Waals surface area contributed by atoms with Gasteiger partial charge in [-0.05, 0) is 43.9 Å². The Morgan fingerprint density at radius 1 is 1.48 bits per heavy atom. The molecule has 2 atom stereocenters. The average molecular weight is 292 g/mol. The topological polar surface area (TPSA) is 75.8 Å². The maximum absolute atomic E-state index is 12.4. The normalized spacial score (nSPS) is 20.3. The molecule has 0 saturated carbocycles. The molecule has 0 bridgehead atoms. The summed E-state index contributed by atoms with van der Waals surface area (Å²) in [6, 6.07) is 6.26. The lowest BCUT2D eigenvalue weighted by Crippen LogP contribution is -2.50. The van der Waals surface area contributed by atoms with Crippen LogP contribution in [0.15, 0.2) is 24.3 Å². The van der Waals surface area contributed by atoms with Crippen molar-refractivity contribution >= 4 is 5.91 Å². The van der Waals surface area contributed by atoms with Crippen LogP contribution in [0.1, 0.15) is 25.3 Å². The van der Waals surface area contributed by atoms with Gasteiger partial charge in [0.05, 0.1) is 12.1 Å². The van der Waals surface area contributed by atoms with Crippen molar-refractivity contribution in [1.29, 1.82) is 0 Å². The molecule has 5 nitrogen and oxygen atoms in total. The molecule has 2 rings (SSSR count). The molecule has 1 aliphatic heterocycles. The maximum Gasteiger partial charge on any atom is 0.239 e. The van der Waals surface area contributed by atoms with E-state index in [-0.39, 0.29) is 17.8 Å². The van der Waals surface area contributed by atoms with Crippen LogP contribution in [0.5, 0.6) is 5.75 Å². The SMILES string of the molecule is CCOC1CCCN(C(=O)[C@@H](N)Cc2ccc(O)cc2)C1. The van der Waals surface area contributed by atoms with E-state index in [0.29, 0.717) is 19.6 Å². The standard InChI is InChI=1S/C16H24N2O3/c1-2-21-14-4-3-9-18(11-14)16(20)15(17)10-12-5-7-13(19)8-6-12/h5-8,14-15,19H,2-4,9-11,17H2,1H3/t14?,15-/m0/s1. The summed E-state index contributed by atoms with van der Waals surface area (Å²) in [7, 11) is 0. The smallest absolute Gasteiger partial charge is 0.239 e. The first-order valence-electron chi connectivity index (χ1n) is 7.54. The Hall–Kier alpha value is -1.59. The Morgan fingerprint density at radius 3 is 2.86 bits per heavy atom. The first-order chi connectivity index (χ1) is 10.1. The van der Waals surface area contributed by atoms with Crippen molar-refractivity contribution in [2.75, 3.05) is 19.7 Å². The lowest BCUT2D eigenvalue weighted by atomic mass is 10.0. The van der Waals surface area contributed by atoms with Gasteiger partial charge in [-0.1, -0.05) is 12.1 Å². The summed E-state index contributed by atoms with van der Waals surface area (Å²) in [5.74, 6) is 0.196.